The molecular formula is C24H30Cl2N4O2. The molecule has 4 rings (SSSR count). The highest BCUT2D eigenvalue weighted by molar-refractivity contribution is 5.85. The molecule has 4 N–H and O–H groups in total. The SMILES string of the molecule is Cc1ccc(O)c(-c2cc(C3CCN(CC(O)c4ccccc4)CC3)nc(N)n2)c1.Cl.Cl. The number of phenolic OH excluding ortho intramolecular Hbond substituents is 1. The summed E-state index contributed by atoms with van der Waals surface area (Å²) in [6, 6.07) is 17.2. The summed E-state index contributed by atoms with van der Waals surface area (Å²) in [5, 5.41) is 20.8. The number of aliphatic hydroxyl groups is 1. The van der Waals surface area contributed by atoms with Crippen molar-refractivity contribution in [2.45, 2.75) is 31.8 Å². The lowest BCUT2D eigenvalue weighted by atomic mass is 9.92. The van der Waals surface area contributed by atoms with Gasteiger partial charge in [0.1, 0.15) is 5.75 Å². The summed E-state index contributed by atoms with van der Waals surface area (Å²) in [4.78, 5) is 11.1. The molecule has 1 fully saturated rings. The molecule has 0 amide bonds. The van der Waals surface area contributed by atoms with E-state index in [9.17, 15) is 10.2 Å². The fourth-order valence-corrected chi connectivity index (χ4v) is 4.12. The number of halogens is 2. The Bertz CT molecular complexity index is 1010. The number of nitrogen functional groups attached to an aromatic ring is 1. The Kier molecular flexibility index (Phi) is 9.28. The molecule has 1 saturated heterocycles. The van der Waals surface area contributed by atoms with Crippen LogP contribution in [0, 0.1) is 6.92 Å². The monoisotopic (exact) mass is 476 g/mol. The molecule has 3 aromatic rings. The Morgan fingerprint density at radius 1 is 1.03 bits per heavy atom. The molecule has 0 spiro atoms. The van der Waals surface area contributed by atoms with Gasteiger partial charge in [-0.2, -0.15) is 0 Å². The van der Waals surface area contributed by atoms with Crippen molar-refractivity contribution in [3.63, 3.8) is 0 Å². The van der Waals surface area contributed by atoms with E-state index in [-0.39, 0.29) is 42.4 Å². The second-order valence-electron chi connectivity index (χ2n) is 8.06. The summed E-state index contributed by atoms with van der Waals surface area (Å²) in [6.45, 7) is 4.39. The number of likely N-dealkylation sites (tertiary alicyclic amines) is 1. The number of anilines is 1. The maximum Gasteiger partial charge on any atom is 0.220 e. The lowest BCUT2D eigenvalue weighted by Gasteiger charge is -2.33. The molecule has 1 aromatic heterocycles. The van der Waals surface area contributed by atoms with E-state index in [1.165, 1.54) is 0 Å². The quantitative estimate of drug-likeness (QED) is 0.501. The van der Waals surface area contributed by atoms with Crippen LogP contribution in [-0.4, -0.2) is 44.7 Å². The highest BCUT2D eigenvalue weighted by Crippen LogP contribution is 2.33. The van der Waals surface area contributed by atoms with Gasteiger partial charge in [0.05, 0.1) is 11.8 Å². The van der Waals surface area contributed by atoms with E-state index in [2.05, 4.69) is 14.9 Å². The Morgan fingerprint density at radius 3 is 2.41 bits per heavy atom. The molecule has 0 aliphatic carbocycles. The van der Waals surface area contributed by atoms with Crippen molar-refractivity contribution in [2.24, 2.45) is 0 Å². The normalized spacial score (nSPS) is 15.4. The van der Waals surface area contributed by atoms with Crippen molar-refractivity contribution < 1.29 is 10.2 Å². The first-order chi connectivity index (χ1) is 14.5. The minimum absolute atomic E-state index is 0. The molecule has 0 saturated carbocycles. The highest BCUT2D eigenvalue weighted by Gasteiger charge is 2.24. The van der Waals surface area contributed by atoms with Crippen LogP contribution in [0.5, 0.6) is 5.75 Å². The second-order valence-corrected chi connectivity index (χ2v) is 8.06. The fourth-order valence-electron chi connectivity index (χ4n) is 4.12. The van der Waals surface area contributed by atoms with E-state index in [1.54, 1.807) is 6.07 Å². The summed E-state index contributed by atoms with van der Waals surface area (Å²) in [7, 11) is 0. The van der Waals surface area contributed by atoms with E-state index in [0.717, 1.165) is 42.8 Å². The van der Waals surface area contributed by atoms with E-state index in [4.69, 9.17) is 5.73 Å². The molecule has 172 valence electrons. The van der Waals surface area contributed by atoms with E-state index in [1.807, 2.05) is 55.5 Å². The average Bonchev–Trinajstić information content (AvgIpc) is 2.76. The predicted molar refractivity (Wildman–Crippen MR) is 133 cm³/mol. The minimum Gasteiger partial charge on any atom is -0.507 e. The van der Waals surface area contributed by atoms with Crippen LogP contribution in [0.2, 0.25) is 0 Å². The third-order valence-corrected chi connectivity index (χ3v) is 5.81. The molecule has 1 unspecified atom stereocenters. The lowest BCUT2D eigenvalue weighted by Crippen LogP contribution is -2.36. The summed E-state index contributed by atoms with van der Waals surface area (Å²) >= 11 is 0. The van der Waals surface area contributed by atoms with Crippen molar-refractivity contribution in [3.8, 4) is 17.0 Å². The van der Waals surface area contributed by atoms with Gasteiger partial charge in [0, 0.05) is 23.7 Å². The highest BCUT2D eigenvalue weighted by atomic mass is 35.5. The summed E-state index contributed by atoms with van der Waals surface area (Å²) < 4.78 is 0. The summed E-state index contributed by atoms with van der Waals surface area (Å²) in [6.07, 6.45) is 1.40. The van der Waals surface area contributed by atoms with Crippen LogP contribution in [-0.2, 0) is 0 Å². The topological polar surface area (TPSA) is 95.5 Å². The molecule has 0 bridgehead atoms. The van der Waals surface area contributed by atoms with Gasteiger partial charge in [-0.25, -0.2) is 9.97 Å². The first-order valence-electron chi connectivity index (χ1n) is 10.4. The first-order valence-corrected chi connectivity index (χ1v) is 10.4. The molecule has 6 nitrogen and oxygen atoms in total. The standard InChI is InChI=1S/C24H28N4O2.2ClH/c1-16-7-8-22(29)19(13-16)21-14-20(26-24(25)27-21)17-9-11-28(12-10-17)15-23(30)18-5-3-2-4-6-18;;/h2-8,13-14,17,23,29-30H,9-12,15H2,1H3,(H2,25,26,27);2*1H. The number of hydrogen-bond acceptors (Lipinski definition) is 6. The molecule has 32 heavy (non-hydrogen) atoms. The van der Waals surface area contributed by atoms with Gasteiger partial charge in [-0.15, -0.1) is 24.8 Å². The molecular weight excluding hydrogens is 447 g/mol. The van der Waals surface area contributed by atoms with Crippen LogP contribution >= 0.6 is 24.8 Å². The van der Waals surface area contributed by atoms with Crippen molar-refractivity contribution in [2.75, 3.05) is 25.4 Å². The van der Waals surface area contributed by atoms with Crippen molar-refractivity contribution in [3.05, 3.63) is 71.4 Å². The number of aliphatic hydroxyl groups excluding tert-OH is 1. The van der Waals surface area contributed by atoms with Crippen LogP contribution in [0.1, 0.15) is 41.7 Å². The molecule has 1 aliphatic heterocycles. The van der Waals surface area contributed by atoms with Gasteiger partial charge < -0.3 is 20.8 Å². The average molecular weight is 477 g/mol. The lowest BCUT2D eigenvalue weighted by molar-refractivity contribution is 0.0969. The van der Waals surface area contributed by atoms with Gasteiger partial charge in [0.25, 0.3) is 0 Å². The molecule has 2 heterocycles. The van der Waals surface area contributed by atoms with E-state index < -0.39 is 6.10 Å². The first kappa shape index (κ1) is 25.9. The van der Waals surface area contributed by atoms with Crippen molar-refractivity contribution >= 4 is 30.8 Å². The number of phenols is 1. The van der Waals surface area contributed by atoms with Crippen LogP contribution in [0.25, 0.3) is 11.3 Å². The smallest absolute Gasteiger partial charge is 0.220 e. The van der Waals surface area contributed by atoms with Crippen LogP contribution in [0.15, 0.2) is 54.6 Å². The number of aromatic hydroxyl groups is 1. The van der Waals surface area contributed by atoms with Gasteiger partial charge in [-0.1, -0.05) is 42.0 Å². The number of β-amino-alcohol motifs (C(OH)–C–C–N with tert-alkyl or cyclic N) is 1. The van der Waals surface area contributed by atoms with E-state index in [0.29, 0.717) is 17.8 Å². The van der Waals surface area contributed by atoms with Gasteiger partial charge in [0.2, 0.25) is 5.95 Å². The minimum atomic E-state index is -0.478. The van der Waals surface area contributed by atoms with Crippen molar-refractivity contribution in [1.29, 1.82) is 0 Å². The maximum absolute atomic E-state index is 10.5. The number of aromatic nitrogens is 2. The Balaban J connectivity index is 0.00000181. The molecule has 1 atom stereocenters. The van der Waals surface area contributed by atoms with Crippen LogP contribution in [0.4, 0.5) is 5.95 Å². The number of hydrogen-bond donors (Lipinski definition) is 3. The zero-order valence-electron chi connectivity index (χ0n) is 18.0. The van der Waals surface area contributed by atoms with E-state index >= 15 is 0 Å². The molecule has 1 aliphatic rings. The third kappa shape index (κ3) is 6.11. The van der Waals surface area contributed by atoms with Gasteiger partial charge >= 0.3 is 0 Å². The predicted octanol–water partition coefficient (Wildman–Crippen LogP) is 4.50. The Labute approximate surface area is 201 Å². The number of aryl methyl sites for hydroxylation is 1. The molecule has 8 heteroatoms. The fraction of sp³-hybridized carbons (Fsp3) is 0.333. The summed E-state index contributed by atoms with van der Waals surface area (Å²) in [5.74, 6) is 0.700. The molecule has 2 aromatic carbocycles. The van der Waals surface area contributed by atoms with Gasteiger partial charge in [-0.05, 0) is 56.6 Å². The van der Waals surface area contributed by atoms with Crippen LogP contribution < -0.4 is 5.73 Å². The van der Waals surface area contributed by atoms with Crippen LogP contribution in [0.3, 0.4) is 0 Å². The van der Waals surface area contributed by atoms with Gasteiger partial charge in [0.15, 0.2) is 0 Å². The number of nitrogens with two attached hydrogens (primary N) is 1. The largest absolute Gasteiger partial charge is 0.507 e. The zero-order chi connectivity index (χ0) is 21.1. The number of benzene rings is 2. The van der Waals surface area contributed by atoms with Gasteiger partial charge in [-0.3, -0.25) is 0 Å². The Hall–Kier alpha value is -2.38. The number of piperidine rings is 1. The number of rotatable bonds is 5. The van der Waals surface area contributed by atoms with Crippen molar-refractivity contribution in [1.82, 2.24) is 14.9 Å². The zero-order valence-corrected chi connectivity index (χ0v) is 19.6. The number of nitrogens with zero attached hydrogens (tertiary/aromatic N) is 3. The molecule has 0 radical (unpaired) electrons. The summed E-state index contributed by atoms with van der Waals surface area (Å²) in [5.41, 5.74) is 10.2. The second kappa shape index (κ2) is 11.5. The maximum atomic E-state index is 10.5. The Morgan fingerprint density at radius 2 is 1.72 bits per heavy atom. The third-order valence-electron chi connectivity index (χ3n) is 5.81.